The number of aromatic nitrogens is 1. The van der Waals surface area contributed by atoms with Crippen LogP contribution < -0.4 is 5.32 Å². The van der Waals surface area contributed by atoms with Crippen LogP contribution in [0.5, 0.6) is 0 Å². The molecule has 4 aromatic rings. The lowest BCUT2D eigenvalue weighted by Gasteiger charge is -2.09. The van der Waals surface area contributed by atoms with Crippen LogP contribution in [0.2, 0.25) is 0 Å². The minimum atomic E-state index is -0.189. The summed E-state index contributed by atoms with van der Waals surface area (Å²) >= 11 is 0. The third kappa shape index (κ3) is 4.49. The van der Waals surface area contributed by atoms with E-state index in [0.717, 1.165) is 17.7 Å². The highest BCUT2D eigenvalue weighted by molar-refractivity contribution is 6.08. The summed E-state index contributed by atoms with van der Waals surface area (Å²) in [6.45, 7) is 2.18. The normalized spacial score (nSPS) is 10.7. The molecule has 0 saturated carbocycles. The van der Waals surface area contributed by atoms with Crippen LogP contribution >= 0.6 is 0 Å². The number of unbranched alkanes of at least 4 members (excludes halogenated alkanes) is 1. The maximum absolute atomic E-state index is 13.0. The largest absolute Gasteiger partial charge is 0.436 e. The number of hydrogen-bond acceptors (Lipinski definition) is 3. The van der Waals surface area contributed by atoms with Crippen molar-refractivity contribution >= 4 is 11.6 Å². The third-order valence-corrected chi connectivity index (χ3v) is 5.00. The van der Waals surface area contributed by atoms with E-state index in [1.165, 1.54) is 18.4 Å². The fourth-order valence-electron chi connectivity index (χ4n) is 3.34. The molecule has 4 nitrogen and oxygen atoms in total. The quantitative estimate of drug-likeness (QED) is 0.383. The molecular weight excluding hydrogens is 372 g/mol. The van der Waals surface area contributed by atoms with Gasteiger partial charge in [-0.2, -0.15) is 0 Å². The molecule has 30 heavy (non-hydrogen) atoms. The van der Waals surface area contributed by atoms with Crippen LogP contribution in [-0.4, -0.2) is 10.9 Å². The molecule has 0 aliphatic rings. The second-order valence-electron chi connectivity index (χ2n) is 7.20. The summed E-state index contributed by atoms with van der Waals surface area (Å²) in [7, 11) is 0. The van der Waals surface area contributed by atoms with E-state index < -0.39 is 0 Å². The van der Waals surface area contributed by atoms with Crippen molar-refractivity contribution in [3.05, 3.63) is 96.2 Å². The molecule has 1 N–H and O–H groups in total. The second-order valence-corrected chi connectivity index (χ2v) is 7.20. The first-order chi connectivity index (χ1) is 14.7. The lowest BCUT2D eigenvalue weighted by Crippen LogP contribution is -2.13. The van der Waals surface area contributed by atoms with Crippen molar-refractivity contribution in [2.24, 2.45) is 0 Å². The van der Waals surface area contributed by atoms with Crippen molar-refractivity contribution in [1.29, 1.82) is 0 Å². The van der Waals surface area contributed by atoms with E-state index in [4.69, 9.17) is 4.42 Å². The van der Waals surface area contributed by atoms with Crippen LogP contribution in [0.4, 0.5) is 5.69 Å². The predicted molar refractivity (Wildman–Crippen MR) is 120 cm³/mol. The zero-order chi connectivity index (χ0) is 20.8. The van der Waals surface area contributed by atoms with Crippen molar-refractivity contribution in [3.63, 3.8) is 0 Å². The van der Waals surface area contributed by atoms with Crippen molar-refractivity contribution in [2.75, 3.05) is 5.32 Å². The summed E-state index contributed by atoms with van der Waals surface area (Å²) in [5.74, 6) is 0.907. The van der Waals surface area contributed by atoms with E-state index in [2.05, 4.69) is 29.4 Å². The number of anilines is 1. The van der Waals surface area contributed by atoms with Crippen LogP contribution in [0.15, 0.2) is 89.5 Å². The molecular formula is C26H24N2O2. The smallest absolute Gasteiger partial charge is 0.256 e. The SMILES string of the molecule is CCCCc1ccc(NC(=O)c2ccccc2-c2ncc(-c3ccccc3)o2)cc1. The topological polar surface area (TPSA) is 55.1 Å². The van der Waals surface area contributed by atoms with E-state index in [9.17, 15) is 4.79 Å². The fourth-order valence-corrected chi connectivity index (χ4v) is 3.34. The molecule has 0 radical (unpaired) electrons. The average Bonchev–Trinajstić information content (AvgIpc) is 3.29. The highest BCUT2D eigenvalue weighted by atomic mass is 16.4. The summed E-state index contributed by atoms with van der Waals surface area (Å²) in [5.41, 5.74) is 4.18. The number of oxazole rings is 1. The molecule has 0 atom stereocenters. The molecule has 1 heterocycles. The Bertz CT molecular complexity index is 1120. The van der Waals surface area contributed by atoms with Crippen molar-refractivity contribution in [2.45, 2.75) is 26.2 Å². The van der Waals surface area contributed by atoms with Gasteiger partial charge in [-0.15, -0.1) is 0 Å². The van der Waals surface area contributed by atoms with Gasteiger partial charge in [-0.25, -0.2) is 4.98 Å². The Morgan fingerprint density at radius 3 is 2.43 bits per heavy atom. The van der Waals surface area contributed by atoms with Gasteiger partial charge in [0.1, 0.15) is 0 Å². The first kappa shape index (κ1) is 19.6. The Kier molecular flexibility index (Phi) is 6.04. The standard InChI is InChI=1S/C26H24N2O2/c1-2-3-9-19-14-16-21(17-15-19)28-25(29)22-12-7-8-13-23(22)26-27-18-24(30-26)20-10-5-4-6-11-20/h4-8,10-18H,2-3,9H2,1H3,(H,28,29). The number of aryl methyl sites for hydroxylation is 1. The number of benzene rings is 3. The highest BCUT2D eigenvalue weighted by Gasteiger charge is 2.17. The molecule has 3 aromatic carbocycles. The summed E-state index contributed by atoms with van der Waals surface area (Å²) < 4.78 is 5.96. The van der Waals surface area contributed by atoms with Crippen molar-refractivity contribution < 1.29 is 9.21 Å². The number of nitrogens with one attached hydrogen (secondary N) is 1. The van der Waals surface area contributed by atoms with Gasteiger partial charge in [-0.1, -0.05) is 67.9 Å². The lowest BCUT2D eigenvalue weighted by molar-refractivity contribution is 0.102. The van der Waals surface area contributed by atoms with Crippen LogP contribution in [0.25, 0.3) is 22.8 Å². The Morgan fingerprint density at radius 1 is 0.933 bits per heavy atom. The van der Waals surface area contributed by atoms with E-state index in [1.807, 2.05) is 60.7 Å². The predicted octanol–water partition coefficient (Wildman–Crippen LogP) is 6.60. The van der Waals surface area contributed by atoms with Gasteiger partial charge >= 0.3 is 0 Å². The fraction of sp³-hybridized carbons (Fsp3) is 0.154. The van der Waals surface area contributed by atoms with Gasteiger partial charge in [0.25, 0.3) is 5.91 Å². The third-order valence-electron chi connectivity index (χ3n) is 5.00. The summed E-state index contributed by atoms with van der Waals surface area (Å²) in [6, 6.07) is 25.2. The highest BCUT2D eigenvalue weighted by Crippen LogP contribution is 2.28. The first-order valence-corrected chi connectivity index (χ1v) is 10.3. The average molecular weight is 396 g/mol. The van der Waals surface area contributed by atoms with Crippen LogP contribution in [0, 0.1) is 0 Å². The molecule has 0 spiro atoms. The summed E-state index contributed by atoms with van der Waals surface area (Å²) in [5, 5.41) is 2.98. The Morgan fingerprint density at radius 2 is 1.67 bits per heavy atom. The van der Waals surface area contributed by atoms with Gasteiger partial charge in [0.15, 0.2) is 5.76 Å². The van der Waals surface area contributed by atoms with Crippen LogP contribution in [-0.2, 0) is 6.42 Å². The van der Waals surface area contributed by atoms with Gasteiger partial charge < -0.3 is 9.73 Å². The molecule has 0 unspecified atom stereocenters. The molecule has 0 bridgehead atoms. The van der Waals surface area contributed by atoms with E-state index in [0.29, 0.717) is 22.8 Å². The van der Waals surface area contributed by atoms with Gasteiger partial charge in [0, 0.05) is 16.8 Å². The van der Waals surface area contributed by atoms with Gasteiger partial charge in [0.2, 0.25) is 5.89 Å². The molecule has 0 saturated heterocycles. The van der Waals surface area contributed by atoms with Crippen molar-refractivity contribution in [3.8, 4) is 22.8 Å². The number of carbonyl (C=O) groups excluding carboxylic acids is 1. The van der Waals surface area contributed by atoms with Gasteiger partial charge in [0.05, 0.1) is 11.8 Å². The molecule has 0 fully saturated rings. The number of hydrogen-bond donors (Lipinski definition) is 1. The molecule has 1 amide bonds. The molecule has 4 heteroatoms. The minimum absolute atomic E-state index is 0.189. The maximum Gasteiger partial charge on any atom is 0.256 e. The summed E-state index contributed by atoms with van der Waals surface area (Å²) in [6.07, 6.45) is 5.08. The van der Waals surface area contributed by atoms with Crippen LogP contribution in [0.3, 0.4) is 0 Å². The monoisotopic (exact) mass is 396 g/mol. The molecule has 150 valence electrons. The van der Waals surface area contributed by atoms with Gasteiger partial charge in [-0.05, 0) is 42.7 Å². The van der Waals surface area contributed by atoms with E-state index in [-0.39, 0.29) is 5.91 Å². The zero-order valence-corrected chi connectivity index (χ0v) is 17.0. The number of amides is 1. The van der Waals surface area contributed by atoms with Crippen molar-refractivity contribution in [1.82, 2.24) is 4.98 Å². The number of rotatable bonds is 7. The van der Waals surface area contributed by atoms with Crippen LogP contribution in [0.1, 0.15) is 35.7 Å². The Labute approximate surface area is 176 Å². The van der Waals surface area contributed by atoms with E-state index >= 15 is 0 Å². The number of carbonyl (C=O) groups is 1. The minimum Gasteiger partial charge on any atom is -0.436 e. The van der Waals surface area contributed by atoms with Gasteiger partial charge in [-0.3, -0.25) is 4.79 Å². The first-order valence-electron chi connectivity index (χ1n) is 10.3. The zero-order valence-electron chi connectivity index (χ0n) is 17.0. The maximum atomic E-state index is 13.0. The lowest BCUT2D eigenvalue weighted by atomic mass is 10.1. The molecule has 0 aliphatic carbocycles. The summed E-state index contributed by atoms with van der Waals surface area (Å²) in [4.78, 5) is 17.4. The second kappa shape index (κ2) is 9.23. The molecule has 0 aliphatic heterocycles. The molecule has 4 rings (SSSR count). The Balaban J connectivity index is 1.55. The Hall–Kier alpha value is -3.66. The number of nitrogens with zero attached hydrogens (tertiary/aromatic N) is 1. The van der Waals surface area contributed by atoms with E-state index in [1.54, 1.807) is 12.3 Å². The molecule has 1 aromatic heterocycles.